The van der Waals surface area contributed by atoms with Gasteiger partial charge in [0.2, 0.25) is 0 Å². The van der Waals surface area contributed by atoms with E-state index in [0.717, 1.165) is 28.8 Å². The molecule has 0 bridgehead atoms. The minimum Gasteiger partial charge on any atom is -0.502 e. The molecule has 2 aromatic carbocycles. The van der Waals surface area contributed by atoms with Gasteiger partial charge in [-0.15, -0.1) is 0 Å². The number of aryl methyl sites for hydroxylation is 3. The number of thiocarbonyl (C=S) groups is 1. The smallest absolute Gasteiger partial charge is 0.288 e. The molecule has 3 N–H and O–H groups in total. The molecule has 0 aliphatic rings. The standard InChI is InChI=1S/C25H26N2O2S/c1-4-19-8-11-22(12-9-19)26-25(30)23(27-13-5-6-20(15-27)16-28)24(29)21-10-7-17(2)18(3)14-21/h5-15,28H,4,16H2,1-3H3,(H-,26,29,30)/p+1. The number of nitrogens with one attached hydrogen (secondary N) is 1. The first-order valence-corrected chi connectivity index (χ1v) is 10.4. The number of rotatable bonds is 6. The number of hydrogen-bond acceptors (Lipinski definition) is 3. The van der Waals surface area contributed by atoms with Gasteiger partial charge in [-0.2, -0.15) is 4.57 Å². The Hall–Kier alpha value is -3.02. The lowest BCUT2D eigenvalue weighted by molar-refractivity contribution is -0.576. The zero-order valence-electron chi connectivity index (χ0n) is 17.5. The van der Waals surface area contributed by atoms with E-state index in [1.807, 2.05) is 56.3 Å². The molecule has 0 saturated carbocycles. The predicted molar refractivity (Wildman–Crippen MR) is 126 cm³/mol. The molecule has 0 aliphatic carbocycles. The molecule has 30 heavy (non-hydrogen) atoms. The van der Waals surface area contributed by atoms with Crippen LogP contribution in [0.1, 0.15) is 34.7 Å². The second-order valence-electron chi connectivity index (χ2n) is 7.28. The maximum atomic E-state index is 11.2. The maximum absolute atomic E-state index is 11.2. The molecule has 0 unspecified atom stereocenters. The third-order valence-electron chi connectivity index (χ3n) is 5.14. The quantitative estimate of drug-likeness (QED) is 0.229. The first kappa shape index (κ1) is 21.7. The van der Waals surface area contributed by atoms with Crippen LogP contribution in [0.2, 0.25) is 0 Å². The van der Waals surface area contributed by atoms with Crippen molar-refractivity contribution in [2.45, 2.75) is 33.8 Å². The van der Waals surface area contributed by atoms with E-state index in [1.165, 1.54) is 5.56 Å². The molecule has 3 aromatic rings. The van der Waals surface area contributed by atoms with Gasteiger partial charge in [-0.3, -0.25) is 0 Å². The van der Waals surface area contributed by atoms with Crippen LogP contribution in [0.5, 0.6) is 0 Å². The number of nitrogens with zero attached hydrogens (tertiary/aromatic N) is 1. The van der Waals surface area contributed by atoms with Crippen LogP contribution in [-0.4, -0.2) is 15.2 Å². The van der Waals surface area contributed by atoms with E-state index in [0.29, 0.717) is 16.2 Å². The number of hydrogen-bond donors (Lipinski definition) is 3. The molecular formula is C25H27N2O2S+. The first-order chi connectivity index (χ1) is 14.4. The van der Waals surface area contributed by atoms with Gasteiger partial charge < -0.3 is 15.5 Å². The molecule has 154 valence electrons. The van der Waals surface area contributed by atoms with Crippen LogP contribution in [0.4, 0.5) is 5.69 Å². The van der Waals surface area contributed by atoms with Gasteiger partial charge in [-0.05, 0) is 61.2 Å². The number of aliphatic hydroxyl groups is 2. The second-order valence-corrected chi connectivity index (χ2v) is 7.69. The van der Waals surface area contributed by atoms with Crippen molar-refractivity contribution in [3.05, 3.63) is 94.8 Å². The lowest BCUT2D eigenvalue weighted by Crippen LogP contribution is -2.39. The first-order valence-electron chi connectivity index (χ1n) is 9.95. The average molecular weight is 420 g/mol. The highest BCUT2D eigenvalue weighted by Gasteiger charge is 2.24. The van der Waals surface area contributed by atoms with Crippen LogP contribution in [0.15, 0.2) is 67.0 Å². The monoisotopic (exact) mass is 419 g/mol. The SMILES string of the molecule is CCc1ccc(NC(=S)C(=C(O)c2ccc(C)c(C)c2)[n+]2cccc(CO)c2)cc1. The Morgan fingerprint density at radius 2 is 1.73 bits per heavy atom. The fourth-order valence-electron chi connectivity index (χ4n) is 3.14. The third-order valence-corrected chi connectivity index (χ3v) is 5.44. The van der Waals surface area contributed by atoms with Crippen molar-refractivity contribution in [1.82, 2.24) is 0 Å². The van der Waals surface area contributed by atoms with Crippen molar-refractivity contribution in [1.29, 1.82) is 0 Å². The lowest BCUT2D eigenvalue weighted by atomic mass is 10.0. The van der Waals surface area contributed by atoms with Crippen LogP contribution in [0.25, 0.3) is 11.5 Å². The summed E-state index contributed by atoms with van der Waals surface area (Å²) >= 11 is 5.70. The maximum Gasteiger partial charge on any atom is 0.288 e. The zero-order chi connectivity index (χ0) is 21.7. The summed E-state index contributed by atoms with van der Waals surface area (Å²) in [6.07, 6.45) is 4.54. The minimum absolute atomic E-state index is 0.0702. The van der Waals surface area contributed by atoms with Crippen molar-refractivity contribution in [3.63, 3.8) is 0 Å². The van der Waals surface area contributed by atoms with Gasteiger partial charge in [-0.25, -0.2) is 0 Å². The summed E-state index contributed by atoms with van der Waals surface area (Å²) in [5.41, 5.74) is 6.18. The molecule has 0 aliphatic heterocycles. The molecule has 1 aromatic heterocycles. The summed E-state index contributed by atoms with van der Waals surface area (Å²) in [5, 5.41) is 24.0. The van der Waals surface area contributed by atoms with Crippen LogP contribution in [0, 0.1) is 13.8 Å². The van der Waals surface area contributed by atoms with Crippen molar-refractivity contribution >= 4 is 34.3 Å². The van der Waals surface area contributed by atoms with Crippen molar-refractivity contribution in [3.8, 4) is 0 Å². The van der Waals surface area contributed by atoms with Crippen LogP contribution < -0.4 is 9.88 Å². The number of benzene rings is 2. The molecule has 0 radical (unpaired) electrons. The van der Waals surface area contributed by atoms with Gasteiger partial charge in [0.25, 0.3) is 5.70 Å². The van der Waals surface area contributed by atoms with Gasteiger partial charge in [0.1, 0.15) is 0 Å². The zero-order valence-corrected chi connectivity index (χ0v) is 18.3. The largest absolute Gasteiger partial charge is 0.502 e. The van der Waals surface area contributed by atoms with Gasteiger partial charge in [0.15, 0.2) is 23.1 Å². The second kappa shape index (κ2) is 9.65. The molecule has 0 spiro atoms. The number of aliphatic hydroxyl groups excluding tert-OH is 2. The predicted octanol–water partition coefficient (Wildman–Crippen LogP) is 4.97. The summed E-state index contributed by atoms with van der Waals surface area (Å²) in [5.74, 6) is 0.0702. The van der Waals surface area contributed by atoms with Gasteiger partial charge in [-0.1, -0.05) is 43.4 Å². The van der Waals surface area contributed by atoms with Gasteiger partial charge >= 0.3 is 0 Å². The Morgan fingerprint density at radius 1 is 1.00 bits per heavy atom. The summed E-state index contributed by atoms with van der Waals surface area (Å²) in [7, 11) is 0. The molecule has 0 atom stereocenters. The fourth-order valence-corrected chi connectivity index (χ4v) is 3.46. The van der Waals surface area contributed by atoms with E-state index in [4.69, 9.17) is 12.2 Å². The summed E-state index contributed by atoms with van der Waals surface area (Å²) in [6.45, 7) is 6.06. The van der Waals surface area contributed by atoms with E-state index in [1.54, 1.807) is 17.0 Å². The van der Waals surface area contributed by atoms with E-state index in [9.17, 15) is 10.2 Å². The average Bonchev–Trinajstić information content (AvgIpc) is 2.76. The molecule has 0 saturated heterocycles. The number of anilines is 1. The Bertz CT molecular complexity index is 1090. The van der Waals surface area contributed by atoms with Crippen molar-refractivity contribution in [2.24, 2.45) is 0 Å². The Balaban J connectivity index is 2.07. The molecule has 0 fully saturated rings. The number of pyridine rings is 1. The minimum atomic E-state index is -0.100. The third kappa shape index (κ3) is 4.93. The molecule has 5 heteroatoms. The van der Waals surface area contributed by atoms with E-state index >= 15 is 0 Å². The lowest BCUT2D eigenvalue weighted by Gasteiger charge is -2.12. The summed E-state index contributed by atoms with van der Waals surface area (Å²) < 4.78 is 1.74. The summed E-state index contributed by atoms with van der Waals surface area (Å²) in [4.78, 5) is 0.384. The molecule has 3 rings (SSSR count). The highest BCUT2D eigenvalue weighted by Crippen LogP contribution is 2.22. The van der Waals surface area contributed by atoms with E-state index in [2.05, 4.69) is 24.4 Å². The van der Waals surface area contributed by atoms with Gasteiger partial charge in [0.05, 0.1) is 6.61 Å². The van der Waals surface area contributed by atoms with Crippen molar-refractivity contribution in [2.75, 3.05) is 5.32 Å². The molecule has 4 nitrogen and oxygen atoms in total. The van der Waals surface area contributed by atoms with Crippen LogP contribution in [-0.2, 0) is 13.0 Å². The van der Waals surface area contributed by atoms with Crippen LogP contribution in [0.3, 0.4) is 0 Å². The highest BCUT2D eigenvalue weighted by atomic mass is 32.1. The molecule has 0 amide bonds. The van der Waals surface area contributed by atoms with Crippen molar-refractivity contribution < 1.29 is 14.8 Å². The topological polar surface area (TPSA) is 56.4 Å². The Morgan fingerprint density at radius 3 is 2.37 bits per heavy atom. The van der Waals surface area contributed by atoms with E-state index < -0.39 is 0 Å². The fraction of sp³-hybridized carbons (Fsp3) is 0.200. The molecule has 1 heterocycles. The Kier molecular flexibility index (Phi) is 6.98. The highest BCUT2D eigenvalue weighted by molar-refractivity contribution is 7.81. The van der Waals surface area contributed by atoms with Gasteiger partial charge in [0, 0.05) is 22.9 Å². The Labute approximate surface area is 183 Å². The summed E-state index contributed by atoms with van der Waals surface area (Å²) in [6, 6.07) is 17.5. The van der Waals surface area contributed by atoms with Crippen LogP contribution >= 0.6 is 12.2 Å². The van der Waals surface area contributed by atoms with E-state index in [-0.39, 0.29) is 12.4 Å². The normalized spacial score (nSPS) is 11.7. The number of aromatic nitrogens is 1. The molecular weight excluding hydrogens is 392 g/mol.